The molecule has 9 nitrogen and oxygen atoms in total. The van der Waals surface area contributed by atoms with E-state index in [1.807, 2.05) is 6.92 Å². The van der Waals surface area contributed by atoms with Crippen LogP contribution >= 0.6 is 0 Å². The summed E-state index contributed by atoms with van der Waals surface area (Å²) in [5.41, 5.74) is 7.58. The van der Waals surface area contributed by atoms with Crippen LogP contribution in [0.15, 0.2) is 18.3 Å². The number of hydrogen-bond acceptors (Lipinski definition) is 9. The maximum Gasteiger partial charge on any atom is 0.222 e. The minimum Gasteiger partial charge on any atom is -0.478 e. The number of pyridine rings is 1. The summed E-state index contributed by atoms with van der Waals surface area (Å²) in [6.45, 7) is 3.98. The van der Waals surface area contributed by atoms with Crippen LogP contribution in [0.5, 0.6) is 5.88 Å². The van der Waals surface area contributed by atoms with E-state index in [0.717, 1.165) is 0 Å². The predicted octanol–water partition coefficient (Wildman–Crippen LogP) is 0.0752. The standard InChI is InChI=1S/C20H25N5O4/c1-3-29-16-7-5-12(9-22-16)4-6-14-11(2)23-20(21)25-19(14)24-15-8-13(10-26)17(27)18(15)28/h5,7,9,13,15,17-18,26-28H,3,8,10H2,1-2H3,(H3,21,23,24,25)/t13-,15?,17-,18+/m1/s1. The molecule has 1 fully saturated rings. The van der Waals surface area contributed by atoms with Crippen LogP contribution in [-0.2, 0) is 0 Å². The van der Waals surface area contributed by atoms with Crippen molar-refractivity contribution in [1.29, 1.82) is 0 Å². The fourth-order valence-corrected chi connectivity index (χ4v) is 3.30. The molecule has 0 aliphatic heterocycles. The van der Waals surface area contributed by atoms with E-state index < -0.39 is 24.2 Å². The quantitative estimate of drug-likeness (QED) is 0.441. The van der Waals surface area contributed by atoms with Gasteiger partial charge in [0.1, 0.15) is 11.9 Å². The zero-order chi connectivity index (χ0) is 21.0. The second-order valence-electron chi connectivity index (χ2n) is 6.87. The molecule has 1 saturated carbocycles. The first kappa shape index (κ1) is 20.8. The van der Waals surface area contributed by atoms with E-state index in [0.29, 0.717) is 41.5 Å². The van der Waals surface area contributed by atoms with Crippen molar-refractivity contribution in [1.82, 2.24) is 15.0 Å². The van der Waals surface area contributed by atoms with Crippen LogP contribution in [0, 0.1) is 24.7 Å². The zero-order valence-electron chi connectivity index (χ0n) is 16.3. The number of nitrogens with two attached hydrogens (primary N) is 1. The Morgan fingerprint density at radius 3 is 2.66 bits per heavy atom. The van der Waals surface area contributed by atoms with Crippen LogP contribution in [0.2, 0.25) is 0 Å². The second kappa shape index (κ2) is 9.05. The Morgan fingerprint density at radius 2 is 2.03 bits per heavy atom. The fraction of sp³-hybridized carbons (Fsp3) is 0.450. The molecular formula is C20H25N5O4. The van der Waals surface area contributed by atoms with Crippen LogP contribution in [0.3, 0.4) is 0 Å². The van der Waals surface area contributed by atoms with Gasteiger partial charge in [0.25, 0.3) is 0 Å². The molecule has 154 valence electrons. The minimum absolute atomic E-state index is 0.0741. The smallest absolute Gasteiger partial charge is 0.222 e. The third-order valence-corrected chi connectivity index (χ3v) is 4.83. The lowest BCUT2D eigenvalue weighted by Crippen LogP contribution is -2.36. The molecule has 0 bridgehead atoms. The van der Waals surface area contributed by atoms with Crippen molar-refractivity contribution in [3.05, 3.63) is 35.2 Å². The normalized spacial score (nSPS) is 23.3. The summed E-state index contributed by atoms with van der Waals surface area (Å²) in [5.74, 6) is 6.61. The molecule has 3 rings (SSSR count). The Kier molecular flexibility index (Phi) is 6.49. The molecule has 0 saturated heterocycles. The molecule has 0 radical (unpaired) electrons. The molecule has 0 amide bonds. The summed E-state index contributed by atoms with van der Waals surface area (Å²) in [6.07, 6.45) is -0.0547. The van der Waals surface area contributed by atoms with Gasteiger partial charge in [-0.3, -0.25) is 0 Å². The molecule has 1 aliphatic carbocycles. The van der Waals surface area contributed by atoms with Gasteiger partial charge < -0.3 is 31.1 Å². The van der Waals surface area contributed by atoms with Gasteiger partial charge in [-0.1, -0.05) is 11.8 Å². The molecule has 6 N–H and O–H groups in total. The lowest BCUT2D eigenvalue weighted by atomic mass is 10.1. The van der Waals surface area contributed by atoms with E-state index in [1.54, 1.807) is 25.3 Å². The molecule has 29 heavy (non-hydrogen) atoms. The highest BCUT2D eigenvalue weighted by Crippen LogP contribution is 2.29. The molecule has 9 heteroatoms. The molecule has 4 atom stereocenters. The van der Waals surface area contributed by atoms with E-state index in [2.05, 4.69) is 32.1 Å². The number of aliphatic hydroxyl groups excluding tert-OH is 3. The number of nitrogens with zero attached hydrogens (tertiary/aromatic N) is 3. The number of nitrogens with one attached hydrogen (secondary N) is 1. The molecule has 2 aromatic rings. The first-order valence-electron chi connectivity index (χ1n) is 9.41. The average molecular weight is 399 g/mol. The van der Waals surface area contributed by atoms with Crippen molar-refractivity contribution in [3.8, 4) is 17.7 Å². The average Bonchev–Trinajstić information content (AvgIpc) is 2.96. The van der Waals surface area contributed by atoms with Gasteiger partial charge in [-0.2, -0.15) is 4.98 Å². The van der Waals surface area contributed by atoms with Gasteiger partial charge in [-0.25, -0.2) is 9.97 Å². The second-order valence-corrected chi connectivity index (χ2v) is 6.87. The Labute approximate surface area is 169 Å². The molecule has 2 heterocycles. The highest BCUT2D eigenvalue weighted by molar-refractivity contribution is 5.60. The van der Waals surface area contributed by atoms with Crippen molar-refractivity contribution >= 4 is 11.8 Å². The number of aromatic nitrogens is 3. The van der Waals surface area contributed by atoms with Crippen molar-refractivity contribution in [2.24, 2.45) is 5.92 Å². The van der Waals surface area contributed by atoms with Crippen LogP contribution in [0.1, 0.15) is 30.2 Å². The number of anilines is 2. The molecule has 1 aliphatic rings. The summed E-state index contributed by atoms with van der Waals surface area (Å²) >= 11 is 0. The summed E-state index contributed by atoms with van der Waals surface area (Å²) in [4.78, 5) is 12.6. The van der Waals surface area contributed by atoms with Crippen LogP contribution in [0.25, 0.3) is 0 Å². The monoisotopic (exact) mass is 399 g/mol. The van der Waals surface area contributed by atoms with Crippen molar-refractivity contribution in [2.75, 3.05) is 24.3 Å². The summed E-state index contributed by atoms with van der Waals surface area (Å²) in [6, 6.07) is 3.04. The highest BCUT2D eigenvalue weighted by atomic mass is 16.5. The summed E-state index contributed by atoms with van der Waals surface area (Å²) < 4.78 is 5.32. The van der Waals surface area contributed by atoms with Crippen LogP contribution < -0.4 is 15.8 Å². The van der Waals surface area contributed by atoms with Gasteiger partial charge in [0.05, 0.1) is 30.0 Å². The summed E-state index contributed by atoms with van der Waals surface area (Å²) in [5, 5.41) is 32.8. The van der Waals surface area contributed by atoms with Gasteiger partial charge in [0, 0.05) is 30.4 Å². The lowest BCUT2D eigenvalue weighted by molar-refractivity contribution is 0.00445. The third-order valence-electron chi connectivity index (χ3n) is 4.83. The van der Waals surface area contributed by atoms with E-state index in [-0.39, 0.29) is 12.6 Å². The number of hydrogen-bond donors (Lipinski definition) is 5. The molecule has 0 aromatic carbocycles. The van der Waals surface area contributed by atoms with Gasteiger partial charge in [-0.05, 0) is 26.3 Å². The van der Waals surface area contributed by atoms with Gasteiger partial charge in [-0.15, -0.1) is 0 Å². The predicted molar refractivity (Wildman–Crippen MR) is 107 cm³/mol. The molecule has 0 spiro atoms. The van der Waals surface area contributed by atoms with Crippen molar-refractivity contribution in [3.63, 3.8) is 0 Å². The third kappa shape index (κ3) is 4.74. The van der Waals surface area contributed by atoms with E-state index in [1.165, 1.54) is 0 Å². The largest absolute Gasteiger partial charge is 0.478 e. The molecular weight excluding hydrogens is 374 g/mol. The van der Waals surface area contributed by atoms with E-state index in [4.69, 9.17) is 10.5 Å². The van der Waals surface area contributed by atoms with Crippen molar-refractivity contribution in [2.45, 2.75) is 38.5 Å². The van der Waals surface area contributed by atoms with Crippen LogP contribution in [-0.4, -0.2) is 61.7 Å². The molecule has 2 aromatic heterocycles. The topological polar surface area (TPSA) is 147 Å². The van der Waals surface area contributed by atoms with Gasteiger partial charge >= 0.3 is 0 Å². The first-order valence-corrected chi connectivity index (χ1v) is 9.41. The van der Waals surface area contributed by atoms with E-state index >= 15 is 0 Å². The highest BCUT2D eigenvalue weighted by Gasteiger charge is 2.41. The van der Waals surface area contributed by atoms with Gasteiger partial charge in [0.15, 0.2) is 0 Å². The Morgan fingerprint density at radius 1 is 1.24 bits per heavy atom. The zero-order valence-corrected chi connectivity index (χ0v) is 16.3. The Bertz CT molecular complexity index is 910. The number of rotatable bonds is 5. The maximum absolute atomic E-state index is 10.3. The SMILES string of the molecule is CCOc1ccc(C#Cc2c(C)nc(N)nc2NC2C[C@H](CO)[C@@H](O)[C@H]2O)cn1. The molecule has 1 unspecified atom stereocenters. The number of ether oxygens (including phenoxy) is 1. The fourth-order valence-electron chi connectivity index (χ4n) is 3.30. The number of aryl methyl sites for hydroxylation is 1. The van der Waals surface area contributed by atoms with Crippen molar-refractivity contribution < 1.29 is 20.1 Å². The lowest BCUT2D eigenvalue weighted by Gasteiger charge is -2.20. The number of nitrogen functional groups attached to an aromatic ring is 1. The minimum atomic E-state index is -1.04. The Balaban J connectivity index is 1.87. The first-order chi connectivity index (χ1) is 13.9. The maximum atomic E-state index is 10.3. The van der Waals surface area contributed by atoms with E-state index in [9.17, 15) is 15.3 Å². The summed E-state index contributed by atoms with van der Waals surface area (Å²) in [7, 11) is 0. The Hall–Kier alpha value is -2.93. The van der Waals surface area contributed by atoms with Crippen LogP contribution in [0.4, 0.5) is 11.8 Å². The van der Waals surface area contributed by atoms with Gasteiger partial charge in [0.2, 0.25) is 11.8 Å². The number of aliphatic hydroxyl groups is 3.